The summed E-state index contributed by atoms with van der Waals surface area (Å²) in [6.45, 7) is 2.46. The lowest BCUT2D eigenvalue weighted by molar-refractivity contribution is -0.0806. The Morgan fingerprint density at radius 1 is 1.18 bits per heavy atom. The molecule has 0 spiro atoms. The van der Waals surface area contributed by atoms with Gasteiger partial charge in [0.2, 0.25) is 5.95 Å². The maximum atomic E-state index is 15.2. The number of nitrogens with zero attached hydrogens (tertiary/aromatic N) is 5. The van der Waals surface area contributed by atoms with Gasteiger partial charge in [0.25, 0.3) is 5.92 Å². The first-order valence-electron chi connectivity index (χ1n) is 11.1. The van der Waals surface area contributed by atoms with Crippen LogP contribution in [0.3, 0.4) is 0 Å². The maximum Gasteiger partial charge on any atom is 0.272 e. The fourth-order valence-corrected chi connectivity index (χ4v) is 5.26. The third-order valence-corrected chi connectivity index (χ3v) is 7.58. The smallest absolute Gasteiger partial charge is 0.272 e. The average Bonchev–Trinajstić information content (AvgIpc) is 3.24. The van der Waals surface area contributed by atoms with Gasteiger partial charge in [-0.3, -0.25) is 4.90 Å². The van der Waals surface area contributed by atoms with Crippen LogP contribution in [0, 0.1) is 0 Å². The fourth-order valence-electron chi connectivity index (χ4n) is 4.69. The highest BCUT2D eigenvalue weighted by Crippen LogP contribution is 2.53. The summed E-state index contributed by atoms with van der Waals surface area (Å²) in [4.78, 5) is 10.9. The second-order valence-corrected chi connectivity index (χ2v) is 9.89. The summed E-state index contributed by atoms with van der Waals surface area (Å²) in [6, 6.07) is 2.82. The van der Waals surface area contributed by atoms with E-state index in [0.717, 1.165) is 16.8 Å². The van der Waals surface area contributed by atoms with Crippen molar-refractivity contribution in [3.63, 3.8) is 0 Å². The molecule has 2 aromatic heterocycles. The van der Waals surface area contributed by atoms with Crippen molar-refractivity contribution in [2.45, 2.75) is 42.9 Å². The van der Waals surface area contributed by atoms with Crippen LogP contribution >= 0.6 is 23.2 Å². The number of likely N-dealkylation sites (tertiary alicyclic amines) is 1. The molecule has 6 rings (SSSR count). The van der Waals surface area contributed by atoms with Crippen molar-refractivity contribution in [2.24, 2.45) is 0 Å². The van der Waals surface area contributed by atoms with E-state index in [0.29, 0.717) is 53.8 Å². The molecule has 4 heterocycles. The van der Waals surface area contributed by atoms with Crippen molar-refractivity contribution in [2.75, 3.05) is 31.6 Å². The molecule has 1 N–H and O–H groups in total. The normalized spacial score (nSPS) is 27.0. The van der Waals surface area contributed by atoms with Crippen LogP contribution in [0.4, 0.5) is 24.8 Å². The van der Waals surface area contributed by atoms with E-state index in [9.17, 15) is 8.78 Å². The molecule has 7 nitrogen and oxygen atoms in total. The number of benzene rings is 1. The molecule has 3 aliphatic rings. The first-order chi connectivity index (χ1) is 16.3. The van der Waals surface area contributed by atoms with Gasteiger partial charge in [0.15, 0.2) is 5.15 Å². The highest BCUT2D eigenvalue weighted by molar-refractivity contribution is 6.32. The molecule has 0 radical (unpaired) electrons. The molecule has 0 bridgehead atoms. The van der Waals surface area contributed by atoms with Gasteiger partial charge in [-0.05, 0) is 30.7 Å². The number of anilines is 2. The highest BCUT2D eigenvalue weighted by Gasteiger charge is 2.59. The van der Waals surface area contributed by atoms with Gasteiger partial charge < -0.3 is 10.1 Å². The molecule has 1 aliphatic carbocycles. The maximum absolute atomic E-state index is 15.2. The molecular formula is C22H21Cl2F3N6O. The lowest BCUT2D eigenvalue weighted by atomic mass is 9.86. The second kappa shape index (κ2) is 8.22. The predicted molar refractivity (Wildman–Crippen MR) is 122 cm³/mol. The van der Waals surface area contributed by atoms with E-state index in [1.54, 1.807) is 18.3 Å². The van der Waals surface area contributed by atoms with Crippen LogP contribution in [0.25, 0.3) is 10.9 Å². The van der Waals surface area contributed by atoms with Crippen molar-refractivity contribution in [3.05, 3.63) is 40.3 Å². The zero-order chi connectivity index (χ0) is 23.6. The summed E-state index contributed by atoms with van der Waals surface area (Å²) < 4.78 is 48.3. The number of aromatic nitrogens is 4. The number of hydrogen-bond acceptors (Lipinski definition) is 6. The summed E-state index contributed by atoms with van der Waals surface area (Å²) in [7, 11) is 0. The SMILES string of the molecule is F[C@H]1CN(C2COC2)CCC1c1cc2nc(Nc3cnn(C4CC4(F)F)c3Cl)ncc2cc1Cl. The summed E-state index contributed by atoms with van der Waals surface area (Å²) in [5.41, 5.74) is 1.64. The molecule has 1 saturated carbocycles. The van der Waals surface area contributed by atoms with Crippen LogP contribution in [-0.2, 0) is 4.74 Å². The molecule has 12 heteroatoms. The largest absolute Gasteiger partial charge is 0.378 e. The number of alkyl halides is 3. The summed E-state index contributed by atoms with van der Waals surface area (Å²) in [5, 5.41) is 8.17. The van der Waals surface area contributed by atoms with Gasteiger partial charge in [-0.1, -0.05) is 23.2 Å². The van der Waals surface area contributed by atoms with E-state index < -0.39 is 18.1 Å². The first kappa shape index (κ1) is 22.3. The van der Waals surface area contributed by atoms with E-state index in [-0.39, 0.29) is 23.4 Å². The third-order valence-electron chi connectivity index (χ3n) is 6.88. The molecule has 34 heavy (non-hydrogen) atoms. The fraction of sp³-hybridized carbons (Fsp3) is 0.500. The number of piperidine rings is 1. The van der Waals surface area contributed by atoms with Gasteiger partial charge in [0.05, 0.1) is 36.7 Å². The Hall–Kier alpha value is -2.14. The van der Waals surface area contributed by atoms with Crippen molar-refractivity contribution in [1.82, 2.24) is 24.6 Å². The summed E-state index contributed by atoms with van der Waals surface area (Å²) in [6.07, 6.45) is 2.28. The van der Waals surface area contributed by atoms with E-state index in [2.05, 4.69) is 25.3 Å². The minimum Gasteiger partial charge on any atom is -0.378 e. The topological polar surface area (TPSA) is 68.1 Å². The van der Waals surface area contributed by atoms with E-state index in [1.807, 2.05) is 0 Å². The number of rotatable bonds is 5. The van der Waals surface area contributed by atoms with Gasteiger partial charge >= 0.3 is 0 Å². The number of ether oxygens (including phenoxy) is 1. The molecule has 180 valence electrons. The Bertz CT molecular complexity index is 1250. The molecule has 3 aromatic rings. The van der Waals surface area contributed by atoms with Gasteiger partial charge in [0, 0.05) is 35.5 Å². The van der Waals surface area contributed by atoms with E-state index in [4.69, 9.17) is 27.9 Å². The van der Waals surface area contributed by atoms with Crippen molar-refractivity contribution < 1.29 is 17.9 Å². The predicted octanol–water partition coefficient (Wildman–Crippen LogP) is 4.98. The van der Waals surface area contributed by atoms with Crippen LogP contribution in [0.15, 0.2) is 24.5 Å². The zero-order valence-electron chi connectivity index (χ0n) is 17.9. The molecule has 3 fully saturated rings. The second-order valence-electron chi connectivity index (χ2n) is 9.12. The minimum atomic E-state index is -2.79. The standard InChI is InChI=1S/C22H21Cl2F3N6O/c23-15-3-11-6-28-21(31-18-7-29-33(20(18)24)19-5-22(19,26)27)30-17(11)4-14(15)13-1-2-32(8-16(13)25)12-9-34-10-12/h3-4,6-7,12-13,16,19H,1-2,5,8-10H2,(H,28,30,31)/t13?,16-,19?/m0/s1. The number of fused-ring (bicyclic) bond motifs is 1. The van der Waals surface area contributed by atoms with E-state index >= 15 is 4.39 Å². The Labute approximate surface area is 203 Å². The molecule has 2 unspecified atom stereocenters. The van der Waals surface area contributed by atoms with Crippen LogP contribution in [0.1, 0.15) is 30.4 Å². The van der Waals surface area contributed by atoms with Crippen molar-refractivity contribution >= 4 is 45.7 Å². The number of hydrogen-bond donors (Lipinski definition) is 1. The lowest BCUT2D eigenvalue weighted by Gasteiger charge is -2.43. The van der Waals surface area contributed by atoms with Gasteiger partial charge in [0.1, 0.15) is 12.2 Å². The molecule has 3 atom stereocenters. The van der Waals surface area contributed by atoms with E-state index in [1.165, 1.54) is 6.20 Å². The first-order valence-corrected chi connectivity index (χ1v) is 11.9. The molecule has 2 aliphatic heterocycles. The Kier molecular flexibility index (Phi) is 5.40. The summed E-state index contributed by atoms with van der Waals surface area (Å²) in [5.74, 6) is -2.90. The van der Waals surface area contributed by atoms with Crippen LogP contribution in [0.2, 0.25) is 10.2 Å². The zero-order valence-corrected chi connectivity index (χ0v) is 19.4. The lowest BCUT2D eigenvalue weighted by Crippen LogP contribution is -2.54. The summed E-state index contributed by atoms with van der Waals surface area (Å²) >= 11 is 12.8. The van der Waals surface area contributed by atoms with Gasteiger partial charge in [-0.25, -0.2) is 27.8 Å². The Morgan fingerprint density at radius 3 is 2.65 bits per heavy atom. The minimum absolute atomic E-state index is 0.0616. The van der Waals surface area contributed by atoms with Crippen LogP contribution < -0.4 is 5.32 Å². The quantitative estimate of drug-likeness (QED) is 0.519. The van der Waals surface area contributed by atoms with Crippen molar-refractivity contribution in [3.8, 4) is 0 Å². The molecule has 2 saturated heterocycles. The Morgan fingerprint density at radius 2 is 1.97 bits per heavy atom. The third kappa shape index (κ3) is 3.90. The molecular weight excluding hydrogens is 492 g/mol. The van der Waals surface area contributed by atoms with Crippen molar-refractivity contribution in [1.29, 1.82) is 0 Å². The molecule has 1 aromatic carbocycles. The molecule has 0 amide bonds. The van der Waals surface area contributed by atoms with Gasteiger partial charge in [-0.15, -0.1) is 0 Å². The number of nitrogens with one attached hydrogen (secondary N) is 1. The Balaban J connectivity index is 1.24. The highest BCUT2D eigenvalue weighted by atomic mass is 35.5. The van der Waals surface area contributed by atoms with Gasteiger partial charge in [-0.2, -0.15) is 5.10 Å². The monoisotopic (exact) mass is 512 g/mol. The van der Waals surface area contributed by atoms with Crippen LogP contribution in [0.5, 0.6) is 0 Å². The number of halogens is 5. The van der Waals surface area contributed by atoms with Crippen LogP contribution in [-0.4, -0.2) is 69.1 Å². The average molecular weight is 513 g/mol.